The van der Waals surface area contributed by atoms with Gasteiger partial charge in [0.25, 0.3) is 0 Å². The first-order chi connectivity index (χ1) is 11.5. The molecule has 25 heavy (non-hydrogen) atoms. The topological polar surface area (TPSA) is 36.4 Å². The van der Waals surface area contributed by atoms with E-state index in [1.54, 1.807) is 0 Å². The van der Waals surface area contributed by atoms with Crippen molar-refractivity contribution in [3.8, 4) is 0 Å². The lowest BCUT2D eigenvalue weighted by atomic mass is 10.1. The quantitative estimate of drug-likeness (QED) is 0.304. The lowest BCUT2D eigenvalue weighted by Gasteiger charge is -2.13. The van der Waals surface area contributed by atoms with Crippen LogP contribution in [0.15, 0.2) is 41.4 Å². The summed E-state index contributed by atoms with van der Waals surface area (Å²) in [5.74, 6) is -1.97. The first-order valence-electron chi connectivity index (χ1n) is 7.32. The molecule has 0 aliphatic heterocycles. The first-order valence-corrected chi connectivity index (χ1v) is 7.32. The van der Waals surface area contributed by atoms with Crippen LogP contribution < -0.4 is 10.6 Å². The molecular weight excluding hydrogens is 449 g/mol. The summed E-state index contributed by atoms with van der Waals surface area (Å²) in [6, 6.07) is 6.86. The number of benzene rings is 2. The van der Waals surface area contributed by atoms with Crippen LogP contribution in [0.1, 0.15) is 11.1 Å². The predicted octanol–water partition coefficient (Wildman–Crippen LogP) is 3.77. The van der Waals surface area contributed by atoms with E-state index >= 15 is 0 Å². The molecule has 0 bridgehead atoms. The van der Waals surface area contributed by atoms with Crippen LogP contribution in [0.3, 0.4) is 0 Å². The second-order valence-corrected chi connectivity index (χ2v) is 5.04. The molecule has 2 N–H and O–H groups in total. The summed E-state index contributed by atoms with van der Waals surface area (Å²) >= 11 is 0. The number of aliphatic imine (C=N–C) groups is 1. The molecular formula is C17H18F4IN3. The number of nitrogens with zero attached hydrogens (tertiary/aromatic N) is 1. The van der Waals surface area contributed by atoms with E-state index in [1.165, 1.54) is 25.2 Å². The maximum absolute atomic E-state index is 13.5. The van der Waals surface area contributed by atoms with Crippen molar-refractivity contribution in [1.29, 1.82) is 0 Å². The number of rotatable bonds is 5. The van der Waals surface area contributed by atoms with E-state index in [0.29, 0.717) is 5.96 Å². The van der Waals surface area contributed by atoms with E-state index < -0.39 is 23.3 Å². The van der Waals surface area contributed by atoms with E-state index in [2.05, 4.69) is 15.6 Å². The molecule has 0 spiro atoms. The van der Waals surface area contributed by atoms with Gasteiger partial charge < -0.3 is 10.6 Å². The fourth-order valence-corrected chi connectivity index (χ4v) is 2.16. The molecule has 0 heterocycles. The second kappa shape index (κ2) is 10.2. The third-order valence-electron chi connectivity index (χ3n) is 3.41. The van der Waals surface area contributed by atoms with Crippen molar-refractivity contribution in [2.75, 3.05) is 13.6 Å². The van der Waals surface area contributed by atoms with Gasteiger partial charge >= 0.3 is 0 Å². The van der Waals surface area contributed by atoms with Gasteiger partial charge in [-0.2, -0.15) is 0 Å². The SMILES string of the molecule is CN=C(NCCc1c(F)cccc1F)NCc1cc(F)ccc1F.I. The van der Waals surface area contributed by atoms with Crippen LogP contribution in [0.2, 0.25) is 0 Å². The number of halogens is 5. The fraction of sp³-hybridized carbons (Fsp3) is 0.235. The molecule has 0 radical (unpaired) electrons. The zero-order valence-corrected chi connectivity index (χ0v) is 15.8. The summed E-state index contributed by atoms with van der Waals surface area (Å²) in [7, 11) is 1.50. The Bertz CT molecular complexity index is 718. The Morgan fingerprint density at radius 3 is 2.28 bits per heavy atom. The van der Waals surface area contributed by atoms with Gasteiger partial charge in [-0.15, -0.1) is 24.0 Å². The van der Waals surface area contributed by atoms with Gasteiger partial charge in [-0.25, -0.2) is 17.6 Å². The minimum Gasteiger partial charge on any atom is -0.356 e. The molecule has 2 aromatic carbocycles. The van der Waals surface area contributed by atoms with Gasteiger partial charge in [0.2, 0.25) is 0 Å². The normalized spacial score (nSPS) is 11.0. The van der Waals surface area contributed by atoms with Crippen molar-refractivity contribution in [2.45, 2.75) is 13.0 Å². The third kappa shape index (κ3) is 6.18. The van der Waals surface area contributed by atoms with Crippen LogP contribution in [0, 0.1) is 23.3 Å². The zero-order valence-electron chi connectivity index (χ0n) is 13.5. The van der Waals surface area contributed by atoms with Gasteiger partial charge in [0.15, 0.2) is 5.96 Å². The van der Waals surface area contributed by atoms with E-state index in [9.17, 15) is 17.6 Å². The molecule has 0 saturated heterocycles. The molecule has 0 fully saturated rings. The average Bonchev–Trinajstić information content (AvgIpc) is 2.56. The van der Waals surface area contributed by atoms with Crippen LogP contribution in [0.25, 0.3) is 0 Å². The van der Waals surface area contributed by atoms with Gasteiger partial charge in [-0.05, 0) is 36.8 Å². The van der Waals surface area contributed by atoms with Crippen molar-refractivity contribution >= 4 is 29.9 Å². The second-order valence-electron chi connectivity index (χ2n) is 5.04. The summed E-state index contributed by atoms with van der Waals surface area (Å²) < 4.78 is 53.7. The molecule has 136 valence electrons. The number of nitrogens with one attached hydrogen (secondary N) is 2. The van der Waals surface area contributed by atoms with Crippen LogP contribution in [-0.2, 0) is 13.0 Å². The fourth-order valence-electron chi connectivity index (χ4n) is 2.16. The van der Waals surface area contributed by atoms with Gasteiger partial charge in [0.1, 0.15) is 23.3 Å². The Morgan fingerprint density at radius 1 is 0.960 bits per heavy atom. The summed E-state index contributed by atoms with van der Waals surface area (Å²) in [6.45, 7) is 0.250. The van der Waals surface area contributed by atoms with E-state index in [4.69, 9.17) is 0 Å². The van der Waals surface area contributed by atoms with E-state index in [1.807, 2.05) is 0 Å². The Kier molecular flexibility index (Phi) is 8.67. The van der Waals surface area contributed by atoms with Gasteiger partial charge in [-0.3, -0.25) is 4.99 Å². The highest BCUT2D eigenvalue weighted by Gasteiger charge is 2.09. The van der Waals surface area contributed by atoms with Crippen molar-refractivity contribution < 1.29 is 17.6 Å². The lowest BCUT2D eigenvalue weighted by Crippen LogP contribution is -2.38. The minimum atomic E-state index is -0.610. The standard InChI is InChI=1S/C17H17F4N3.HI/c1-22-17(24-10-11-9-12(18)5-6-14(11)19)23-8-7-13-15(20)3-2-4-16(13)21;/h2-6,9H,7-8,10H2,1H3,(H2,22,23,24);1H. The summed E-state index contributed by atoms with van der Waals surface area (Å²) in [4.78, 5) is 3.92. The molecule has 0 aromatic heterocycles. The Balaban J connectivity index is 0.00000312. The molecule has 8 heteroatoms. The molecule has 0 aliphatic carbocycles. The largest absolute Gasteiger partial charge is 0.356 e. The van der Waals surface area contributed by atoms with Gasteiger partial charge in [0.05, 0.1) is 0 Å². The van der Waals surface area contributed by atoms with Crippen LogP contribution in [0.5, 0.6) is 0 Å². The van der Waals surface area contributed by atoms with Crippen molar-refractivity contribution in [3.63, 3.8) is 0 Å². The Labute approximate surface area is 160 Å². The molecule has 0 saturated carbocycles. The zero-order chi connectivity index (χ0) is 17.5. The van der Waals surface area contributed by atoms with Crippen LogP contribution in [0.4, 0.5) is 17.6 Å². The summed E-state index contributed by atoms with van der Waals surface area (Å²) in [6.07, 6.45) is 0.119. The highest BCUT2D eigenvalue weighted by molar-refractivity contribution is 14.0. The summed E-state index contributed by atoms with van der Waals surface area (Å²) in [5, 5.41) is 5.68. The number of hydrogen-bond acceptors (Lipinski definition) is 1. The first kappa shape index (κ1) is 21.2. The Hall–Kier alpha value is -1.84. The third-order valence-corrected chi connectivity index (χ3v) is 3.41. The smallest absolute Gasteiger partial charge is 0.191 e. The van der Waals surface area contributed by atoms with Crippen molar-refractivity contribution in [2.24, 2.45) is 4.99 Å². The molecule has 0 amide bonds. The summed E-state index contributed by atoms with van der Waals surface area (Å²) in [5.41, 5.74) is 0.134. The van der Waals surface area contributed by atoms with Crippen LogP contribution in [-0.4, -0.2) is 19.6 Å². The monoisotopic (exact) mass is 467 g/mol. The number of guanidine groups is 1. The highest BCUT2D eigenvalue weighted by atomic mass is 127. The average molecular weight is 467 g/mol. The molecule has 2 rings (SSSR count). The lowest BCUT2D eigenvalue weighted by molar-refractivity contribution is 0.552. The molecule has 0 atom stereocenters. The molecule has 2 aromatic rings. The maximum Gasteiger partial charge on any atom is 0.191 e. The van der Waals surface area contributed by atoms with Crippen molar-refractivity contribution in [1.82, 2.24) is 10.6 Å². The molecule has 3 nitrogen and oxygen atoms in total. The van der Waals surface area contributed by atoms with Gasteiger partial charge in [-0.1, -0.05) is 6.07 Å². The number of hydrogen-bond donors (Lipinski definition) is 2. The maximum atomic E-state index is 13.5. The van der Waals surface area contributed by atoms with Crippen LogP contribution >= 0.6 is 24.0 Å². The van der Waals surface area contributed by atoms with E-state index in [-0.39, 0.29) is 54.6 Å². The highest BCUT2D eigenvalue weighted by Crippen LogP contribution is 2.12. The predicted molar refractivity (Wildman–Crippen MR) is 100 cm³/mol. The van der Waals surface area contributed by atoms with Gasteiger partial charge in [0, 0.05) is 31.3 Å². The minimum absolute atomic E-state index is 0. The van der Waals surface area contributed by atoms with Crippen molar-refractivity contribution in [3.05, 3.63) is 70.8 Å². The molecule has 0 unspecified atom stereocenters. The van der Waals surface area contributed by atoms with E-state index in [0.717, 1.165) is 18.2 Å². The molecule has 0 aliphatic rings. The Morgan fingerprint density at radius 2 is 1.64 bits per heavy atom.